The molecule has 4 atom stereocenters. The second kappa shape index (κ2) is 7.32. The van der Waals surface area contributed by atoms with Crippen LogP contribution in [0.1, 0.15) is 43.0 Å². The molecule has 2 bridgehead atoms. The van der Waals surface area contributed by atoms with Gasteiger partial charge in [-0.2, -0.15) is 0 Å². The summed E-state index contributed by atoms with van der Waals surface area (Å²) < 4.78 is 5.06. The quantitative estimate of drug-likeness (QED) is 0.795. The Morgan fingerprint density at radius 3 is 2.54 bits per heavy atom. The van der Waals surface area contributed by atoms with Crippen LogP contribution in [0, 0.1) is 17.8 Å². The third kappa shape index (κ3) is 3.70. The summed E-state index contributed by atoms with van der Waals surface area (Å²) in [5.41, 5.74) is 0.0924. The Morgan fingerprint density at radius 1 is 1.25 bits per heavy atom. The molecule has 0 aromatic heterocycles. The van der Waals surface area contributed by atoms with Gasteiger partial charge in [-0.15, -0.1) is 0 Å². The number of hydrogen-bond acceptors (Lipinski definition) is 3. The van der Waals surface area contributed by atoms with Crippen LogP contribution in [0.4, 0.5) is 0 Å². The maximum atomic E-state index is 12.1. The van der Waals surface area contributed by atoms with Crippen LogP contribution in [0.25, 0.3) is 0 Å². The molecule has 0 saturated heterocycles. The smallest absolute Gasteiger partial charge is 0.341 e. The average Bonchev–Trinajstić information content (AvgIpc) is 3.15. The van der Waals surface area contributed by atoms with Crippen molar-refractivity contribution in [2.24, 2.45) is 17.8 Å². The first-order valence-electron chi connectivity index (χ1n) is 8.36. The number of carbonyl (C=O) groups is 2. The minimum Gasteiger partial charge on any atom is -0.452 e. The van der Waals surface area contributed by atoms with Gasteiger partial charge in [0.05, 0.1) is 15.6 Å². The fraction of sp³-hybridized carbons (Fsp3) is 0.556. The predicted molar refractivity (Wildman–Crippen MR) is 93.3 cm³/mol. The van der Waals surface area contributed by atoms with Crippen LogP contribution in [0.2, 0.25) is 10.0 Å². The van der Waals surface area contributed by atoms with E-state index in [1.807, 2.05) is 6.92 Å². The molecule has 2 fully saturated rings. The number of rotatable bonds is 5. The van der Waals surface area contributed by atoms with Gasteiger partial charge in [0.15, 0.2) is 6.61 Å². The zero-order valence-corrected chi connectivity index (χ0v) is 15.1. The molecule has 0 spiro atoms. The highest BCUT2D eigenvalue weighted by Gasteiger charge is 2.42. The maximum Gasteiger partial charge on any atom is 0.341 e. The highest BCUT2D eigenvalue weighted by molar-refractivity contribution is 6.39. The first-order chi connectivity index (χ1) is 11.5. The summed E-state index contributed by atoms with van der Waals surface area (Å²) in [5.74, 6) is 1.13. The first kappa shape index (κ1) is 17.6. The molecule has 2 aliphatic rings. The molecular formula is C18H21Cl2NO3. The normalized spacial score (nSPS) is 26.2. The molecule has 130 valence electrons. The van der Waals surface area contributed by atoms with E-state index in [0.717, 1.165) is 11.8 Å². The number of halogens is 2. The van der Waals surface area contributed by atoms with Gasteiger partial charge in [0, 0.05) is 6.04 Å². The van der Waals surface area contributed by atoms with E-state index >= 15 is 0 Å². The molecular weight excluding hydrogens is 349 g/mol. The van der Waals surface area contributed by atoms with E-state index in [2.05, 4.69) is 5.32 Å². The Bertz CT molecular complexity index is 629. The number of benzene rings is 1. The minimum atomic E-state index is -0.687. The zero-order valence-electron chi connectivity index (χ0n) is 13.6. The van der Waals surface area contributed by atoms with Crippen LogP contribution in [-0.4, -0.2) is 24.5 Å². The molecule has 0 heterocycles. The Labute approximate surface area is 151 Å². The number of fused-ring (bicyclic) bond motifs is 2. The number of amides is 1. The SMILES string of the molecule is C[C@H](NC(=O)COC(=O)c1c(Cl)cccc1Cl)[C@@H]1C[C@H]2CC[C@H]1C2. The molecule has 1 amide bonds. The zero-order chi connectivity index (χ0) is 17.3. The topological polar surface area (TPSA) is 55.4 Å². The van der Waals surface area contributed by atoms with Gasteiger partial charge in [0.1, 0.15) is 0 Å². The third-order valence-electron chi connectivity index (χ3n) is 5.32. The summed E-state index contributed by atoms with van der Waals surface area (Å²) in [5, 5.41) is 3.38. The molecule has 1 N–H and O–H groups in total. The predicted octanol–water partition coefficient (Wildman–Crippen LogP) is 4.09. The Kier molecular flexibility index (Phi) is 5.36. The number of carbonyl (C=O) groups excluding carboxylic acids is 2. The molecule has 24 heavy (non-hydrogen) atoms. The van der Waals surface area contributed by atoms with Crippen LogP contribution >= 0.6 is 23.2 Å². The lowest BCUT2D eigenvalue weighted by Gasteiger charge is -2.28. The lowest BCUT2D eigenvalue weighted by molar-refractivity contribution is -0.125. The standard InChI is InChI=1S/C18H21Cl2NO3/c1-10(13-8-11-5-6-12(13)7-11)21-16(22)9-24-18(23)17-14(19)3-2-4-15(17)20/h2-4,10-13H,5-9H2,1H3,(H,21,22)/t10-,11-,12-,13-/m0/s1. The number of esters is 1. The average molecular weight is 370 g/mol. The van der Waals surface area contributed by atoms with E-state index in [-0.39, 0.29) is 34.2 Å². The van der Waals surface area contributed by atoms with Crippen LogP contribution in [0.15, 0.2) is 18.2 Å². The van der Waals surface area contributed by atoms with Gasteiger partial charge in [0.2, 0.25) is 0 Å². The minimum absolute atomic E-state index is 0.0924. The van der Waals surface area contributed by atoms with Crippen molar-refractivity contribution in [3.63, 3.8) is 0 Å². The molecule has 0 radical (unpaired) electrons. The third-order valence-corrected chi connectivity index (χ3v) is 5.95. The fourth-order valence-electron chi connectivity index (χ4n) is 4.21. The number of nitrogens with one attached hydrogen (secondary N) is 1. The van der Waals surface area contributed by atoms with E-state index < -0.39 is 5.97 Å². The number of hydrogen-bond donors (Lipinski definition) is 1. The van der Waals surface area contributed by atoms with E-state index in [9.17, 15) is 9.59 Å². The molecule has 3 rings (SSSR count). The summed E-state index contributed by atoms with van der Waals surface area (Å²) in [6.07, 6.45) is 5.10. The van der Waals surface area contributed by atoms with Gasteiger partial charge in [-0.3, -0.25) is 4.79 Å². The molecule has 0 unspecified atom stereocenters. The van der Waals surface area contributed by atoms with Gasteiger partial charge >= 0.3 is 5.97 Å². The Balaban J connectivity index is 1.49. The van der Waals surface area contributed by atoms with E-state index in [1.54, 1.807) is 18.2 Å². The van der Waals surface area contributed by atoms with Crippen molar-refractivity contribution in [2.75, 3.05) is 6.61 Å². The summed E-state index contributed by atoms with van der Waals surface area (Å²) in [6.45, 7) is 1.71. The van der Waals surface area contributed by atoms with Crippen LogP contribution in [0.3, 0.4) is 0 Å². The van der Waals surface area contributed by atoms with E-state index in [0.29, 0.717) is 5.92 Å². The monoisotopic (exact) mass is 369 g/mol. The molecule has 0 aliphatic heterocycles. The molecule has 1 aromatic carbocycles. The van der Waals surface area contributed by atoms with Crippen molar-refractivity contribution in [2.45, 2.75) is 38.6 Å². The molecule has 1 aromatic rings. The van der Waals surface area contributed by atoms with E-state index in [1.165, 1.54) is 25.7 Å². The van der Waals surface area contributed by atoms with Crippen molar-refractivity contribution in [1.82, 2.24) is 5.32 Å². The second-order valence-corrected chi connectivity index (χ2v) is 7.68. The summed E-state index contributed by atoms with van der Waals surface area (Å²) >= 11 is 11.9. The Morgan fingerprint density at radius 2 is 1.96 bits per heavy atom. The van der Waals surface area contributed by atoms with Gasteiger partial charge in [-0.1, -0.05) is 35.7 Å². The van der Waals surface area contributed by atoms with Gasteiger partial charge in [-0.25, -0.2) is 4.79 Å². The summed E-state index contributed by atoms with van der Waals surface area (Å²) in [7, 11) is 0. The van der Waals surface area contributed by atoms with Crippen molar-refractivity contribution < 1.29 is 14.3 Å². The lowest BCUT2D eigenvalue weighted by Crippen LogP contribution is -2.42. The maximum absolute atomic E-state index is 12.1. The van der Waals surface area contributed by atoms with Gasteiger partial charge in [0.25, 0.3) is 5.91 Å². The van der Waals surface area contributed by atoms with Crippen molar-refractivity contribution in [3.8, 4) is 0 Å². The highest BCUT2D eigenvalue weighted by atomic mass is 35.5. The van der Waals surface area contributed by atoms with Crippen molar-refractivity contribution >= 4 is 35.1 Å². The lowest BCUT2D eigenvalue weighted by atomic mass is 9.84. The van der Waals surface area contributed by atoms with Crippen LogP contribution < -0.4 is 5.32 Å². The summed E-state index contributed by atoms with van der Waals surface area (Å²) in [4.78, 5) is 24.1. The van der Waals surface area contributed by atoms with Crippen molar-refractivity contribution in [3.05, 3.63) is 33.8 Å². The molecule has 4 nitrogen and oxygen atoms in total. The Hall–Kier alpha value is -1.26. The fourth-order valence-corrected chi connectivity index (χ4v) is 4.76. The summed E-state index contributed by atoms with van der Waals surface area (Å²) in [6, 6.07) is 4.86. The largest absolute Gasteiger partial charge is 0.452 e. The highest BCUT2D eigenvalue weighted by Crippen LogP contribution is 2.49. The van der Waals surface area contributed by atoms with Gasteiger partial charge in [-0.05, 0) is 56.1 Å². The molecule has 2 aliphatic carbocycles. The first-order valence-corrected chi connectivity index (χ1v) is 9.11. The van der Waals surface area contributed by atoms with E-state index in [4.69, 9.17) is 27.9 Å². The van der Waals surface area contributed by atoms with Crippen LogP contribution in [-0.2, 0) is 9.53 Å². The van der Waals surface area contributed by atoms with Crippen LogP contribution in [0.5, 0.6) is 0 Å². The second-order valence-electron chi connectivity index (χ2n) is 6.87. The molecule has 6 heteroatoms. The van der Waals surface area contributed by atoms with Crippen molar-refractivity contribution in [1.29, 1.82) is 0 Å². The molecule has 2 saturated carbocycles. The number of ether oxygens (including phenoxy) is 1. The van der Waals surface area contributed by atoms with Gasteiger partial charge < -0.3 is 10.1 Å².